The minimum atomic E-state index is -0.894. The summed E-state index contributed by atoms with van der Waals surface area (Å²) in [5.74, 6) is -0.894. The average Bonchev–Trinajstić information content (AvgIpc) is 2.39. The Morgan fingerprint density at radius 1 is 1.53 bits per heavy atom. The Kier molecular flexibility index (Phi) is 4.61. The van der Waals surface area contributed by atoms with E-state index < -0.39 is 5.97 Å². The molecule has 0 aliphatic carbocycles. The van der Waals surface area contributed by atoms with Crippen molar-refractivity contribution in [2.75, 3.05) is 31.7 Å². The first-order chi connectivity index (χ1) is 9.11. The molecule has 0 unspecified atom stereocenters. The van der Waals surface area contributed by atoms with Gasteiger partial charge in [0.1, 0.15) is 0 Å². The van der Waals surface area contributed by atoms with E-state index in [0.29, 0.717) is 12.2 Å². The van der Waals surface area contributed by atoms with Crippen molar-refractivity contribution in [2.45, 2.75) is 6.42 Å². The standard InChI is InChI=1S/C14H16BrNO3/c1-19-9-10-4-6-16(7-5-10)13-8-11(15)2-3-12(13)14(17)18/h2-4,8H,5-7,9H2,1H3,(H,17,18). The molecule has 0 spiro atoms. The largest absolute Gasteiger partial charge is 0.478 e. The first-order valence-electron chi connectivity index (χ1n) is 6.06. The lowest BCUT2D eigenvalue weighted by molar-refractivity contribution is 0.0697. The summed E-state index contributed by atoms with van der Waals surface area (Å²) in [6.45, 7) is 2.18. The Balaban J connectivity index is 2.23. The fraction of sp³-hybridized carbons (Fsp3) is 0.357. The highest BCUT2D eigenvalue weighted by Gasteiger charge is 2.18. The van der Waals surface area contributed by atoms with Crippen LogP contribution in [0.4, 0.5) is 5.69 Å². The van der Waals surface area contributed by atoms with Crippen LogP contribution in [0.1, 0.15) is 16.8 Å². The van der Waals surface area contributed by atoms with Gasteiger partial charge >= 0.3 is 5.97 Å². The van der Waals surface area contributed by atoms with Gasteiger partial charge in [-0.2, -0.15) is 0 Å². The van der Waals surface area contributed by atoms with Gasteiger partial charge in [0, 0.05) is 24.7 Å². The van der Waals surface area contributed by atoms with Gasteiger partial charge in [0.2, 0.25) is 0 Å². The molecule has 1 aliphatic heterocycles. The molecule has 2 rings (SSSR count). The summed E-state index contributed by atoms with van der Waals surface area (Å²) in [5, 5.41) is 9.25. The molecule has 0 saturated heterocycles. The topological polar surface area (TPSA) is 49.8 Å². The molecule has 1 N–H and O–H groups in total. The maximum atomic E-state index is 11.3. The third kappa shape index (κ3) is 3.36. The molecule has 0 aromatic heterocycles. The van der Waals surface area contributed by atoms with Crippen molar-refractivity contribution >= 4 is 27.6 Å². The first-order valence-corrected chi connectivity index (χ1v) is 6.85. The third-order valence-electron chi connectivity index (χ3n) is 3.16. The Morgan fingerprint density at radius 2 is 2.32 bits per heavy atom. The summed E-state index contributed by atoms with van der Waals surface area (Å²) in [6.07, 6.45) is 3.01. The zero-order chi connectivity index (χ0) is 13.8. The number of carboxylic acids is 1. The lowest BCUT2D eigenvalue weighted by Gasteiger charge is -2.29. The second kappa shape index (κ2) is 6.21. The number of hydrogen-bond donors (Lipinski definition) is 1. The van der Waals surface area contributed by atoms with Gasteiger partial charge in [-0.1, -0.05) is 22.0 Å². The van der Waals surface area contributed by atoms with Crippen molar-refractivity contribution in [3.05, 3.63) is 39.9 Å². The Morgan fingerprint density at radius 3 is 2.89 bits per heavy atom. The van der Waals surface area contributed by atoms with Crippen LogP contribution in [0.3, 0.4) is 0 Å². The zero-order valence-corrected chi connectivity index (χ0v) is 12.3. The molecule has 0 atom stereocenters. The molecule has 102 valence electrons. The number of ether oxygens (including phenoxy) is 1. The van der Waals surface area contributed by atoms with Crippen molar-refractivity contribution in [3.8, 4) is 0 Å². The van der Waals surface area contributed by atoms with Gasteiger partial charge < -0.3 is 14.7 Å². The van der Waals surface area contributed by atoms with Crippen LogP contribution in [0.2, 0.25) is 0 Å². The molecule has 4 nitrogen and oxygen atoms in total. The van der Waals surface area contributed by atoms with E-state index in [2.05, 4.69) is 26.9 Å². The molecular formula is C14H16BrNO3. The average molecular weight is 326 g/mol. The molecule has 0 bridgehead atoms. The molecule has 1 heterocycles. The lowest BCUT2D eigenvalue weighted by atomic mass is 10.1. The summed E-state index contributed by atoms with van der Waals surface area (Å²) in [5.41, 5.74) is 2.37. The molecular weight excluding hydrogens is 310 g/mol. The Bertz CT molecular complexity index is 513. The van der Waals surface area contributed by atoms with Crippen molar-refractivity contribution in [1.29, 1.82) is 0 Å². The first kappa shape index (κ1) is 14.1. The Hall–Kier alpha value is -1.33. The SMILES string of the molecule is COCC1=CCN(c2cc(Br)ccc2C(=O)O)CC1. The Labute approximate surface area is 120 Å². The van der Waals surface area contributed by atoms with Gasteiger partial charge in [0.25, 0.3) is 0 Å². The smallest absolute Gasteiger partial charge is 0.337 e. The van der Waals surface area contributed by atoms with Gasteiger partial charge in [0.05, 0.1) is 17.9 Å². The van der Waals surface area contributed by atoms with E-state index in [1.165, 1.54) is 5.57 Å². The maximum Gasteiger partial charge on any atom is 0.337 e. The predicted octanol–water partition coefficient (Wildman–Crippen LogP) is 2.93. The van der Waals surface area contributed by atoms with Crippen LogP contribution in [0.15, 0.2) is 34.3 Å². The number of halogens is 1. The number of hydrogen-bond acceptors (Lipinski definition) is 3. The molecule has 0 amide bonds. The molecule has 0 fully saturated rings. The van der Waals surface area contributed by atoms with Gasteiger partial charge in [-0.3, -0.25) is 0 Å². The minimum absolute atomic E-state index is 0.340. The maximum absolute atomic E-state index is 11.3. The number of rotatable bonds is 4. The molecule has 5 heteroatoms. The second-order valence-corrected chi connectivity index (χ2v) is 5.37. The zero-order valence-electron chi connectivity index (χ0n) is 10.7. The van der Waals surface area contributed by atoms with E-state index in [4.69, 9.17) is 4.74 Å². The van der Waals surface area contributed by atoms with Crippen molar-refractivity contribution in [2.24, 2.45) is 0 Å². The fourth-order valence-electron chi connectivity index (χ4n) is 2.19. The van der Waals surface area contributed by atoms with Crippen LogP contribution in [0, 0.1) is 0 Å². The van der Waals surface area contributed by atoms with E-state index in [0.717, 1.165) is 29.7 Å². The molecule has 0 saturated carbocycles. The van der Waals surface area contributed by atoms with E-state index >= 15 is 0 Å². The fourth-order valence-corrected chi connectivity index (χ4v) is 2.54. The number of carbonyl (C=O) groups is 1. The normalized spacial score (nSPS) is 15.3. The summed E-state index contributed by atoms with van der Waals surface area (Å²) < 4.78 is 6.00. The lowest BCUT2D eigenvalue weighted by Crippen LogP contribution is -2.30. The van der Waals surface area contributed by atoms with E-state index in [1.54, 1.807) is 19.2 Å². The van der Waals surface area contributed by atoms with E-state index in [9.17, 15) is 9.90 Å². The highest BCUT2D eigenvalue weighted by Crippen LogP contribution is 2.27. The third-order valence-corrected chi connectivity index (χ3v) is 3.66. The summed E-state index contributed by atoms with van der Waals surface area (Å²) in [7, 11) is 1.68. The van der Waals surface area contributed by atoms with Crippen molar-refractivity contribution in [1.82, 2.24) is 0 Å². The number of nitrogens with zero attached hydrogens (tertiary/aromatic N) is 1. The predicted molar refractivity (Wildman–Crippen MR) is 77.9 cm³/mol. The highest BCUT2D eigenvalue weighted by atomic mass is 79.9. The van der Waals surface area contributed by atoms with Gasteiger partial charge in [-0.05, 0) is 30.2 Å². The monoisotopic (exact) mass is 325 g/mol. The van der Waals surface area contributed by atoms with E-state index in [1.807, 2.05) is 6.07 Å². The van der Waals surface area contributed by atoms with Gasteiger partial charge in [-0.15, -0.1) is 0 Å². The number of methoxy groups -OCH3 is 1. The molecule has 1 aromatic rings. The van der Waals surface area contributed by atoms with Crippen LogP contribution >= 0.6 is 15.9 Å². The highest BCUT2D eigenvalue weighted by molar-refractivity contribution is 9.10. The summed E-state index contributed by atoms with van der Waals surface area (Å²) in [6, 6.07) is 5.25. The molecule has 0 radical (unpaired) electrons. The van der Waals surface area contributed by atoms with Gasteiger partial charge in [-0.25, -0.2) is 4.79 Å². The van der Waals surface area contributed by atoms with Crippen molar-refractivity contribution in [3.63, 3.8) is 0 Å². The molecule has 1 aromatic carbocycles. The van der Waals surface area contributed by atoms with E-state index in [-0.39, 0.29) is 0 Å². The molecule has 19 heavy (non-hydrogen) atoms. The number of anilines is 1. The van der Waals surface area contributed by atoms with Crippen LogP contribution in [-0.2, 0) is 4.74 Å². The van der Waals surface area contributed by atoms with Crippen LogP contribution < -0.4 is 4.90 Å². The van der Waals surface area contributed by atoms with Gasteiger partial charge in [0.15, 0.2) is 0 Å². The van der Waals surface area contributed by atoms with Crippen LogP contribution in [0.5, 0.6) is 0 Å². The summed E-state index contributed by atoms with van der Waals surface area (Å²) in [4.78, 5) is 13.3. The molecule has 1 aliphatic rings. The second-order valence-electron chi connectivity index (χ2n) is 4.46. The number of benzene rings is 1. The van der Waals surface area contributed by atoms with Crippen LogP contribution in [-0.4, -0.2) is 37.9 Å². The minimum Gasteiger partial charge on any atom is -0.478 e. The number of carboxylic acid groups (broad SMARTS) is 1. The summed E-state index contributed by atoms with van der Waals surface area (Å²) >= 11 is 3.39. The number of aromatic carboxylic acids is 1. The quantitative estimate of drug-likeness (QED) is 0.865. The van der Waals surface area contributed by atoms with Crippen LogP contribution in [0.25, 0.3) is 0 Å². The van der Waals surface area contributed by atoms with Crippen molar-refractivity contribution < 1.29 is 14.6 Å².